The molecule has 2 aromatic carbocycles. The van der Waals surface area contributed by atoms with Crippen molar-refractivity contribution in [3.05, 3.63) is 54.1 Å². The van der Waals surface area contributed by atoms with E-state index >= 15 is 0 Å². The van der Waals surface area contributed by atoms with Gasteiger partial charge in [-0.05, 0) is 36.4 Å². The zero-order valence-corrected chi connectivity index (χ0v) is 14.5. The first-order chi connectivity index (χ1) is 12.2. The molecule has 1 aliphatic heterocycles. The maximum Gasteiger partial charge on any atom is 0.416 e. The van der Waals surface area contributed by atoms with E-state index in [4.69, 9.17) is 9.47 Å². The lowest BCUT2D eigenvalue weighted by molar-refractivity contribution is -0.137. The number of rotatable bonds is 5. The summed E-state index contributed by atoms with van der Waals surface area (Å²) in [6, 6.07) is 10.5. The lowest BCUT2D eigenvalue weighted by Gasteiger charge is -2.39. The van der Waals surface area contributed by atoms with Gasteiger partial charge in [-0.1, -0.05) is 10.3 Å². The van der Waals surface area contributed by atoms with Crippen LogP contribution in [0.1, 0.15) is 5.56 Å². The predicted octanol–water partition coefficient (Wildman–Crippen LogP) is 3.38. The minimum atomic E-state index is -4.60. The van der Waals surface area contributed by atoms with Crippen molar-refractivity contribution in [3.8, 4) is 11.5 Å². The van der Waals surface area contributed by atoms with Crippen LogP contribution in [-0.2, 0) is 20.8 Å². The highest BCUT2D eigenvalue weighted by atomic mass is 32.3. The number of hydrogen-bond acceptors (Lipinski definition) is 4. The molecule has 1 saturated heterocycles. The maximum absolute atomic E-state index is 12.8. The van der Waals surface area contributed by atoms with Gasteiger partial charge in [-0.3, -0.25) is 0 Å². The Balaban J connectivity index is 1.64. The van der Waals surface area contributed by atoms with Crippen molar-refractivity contribution in [2.75, 3.05) is 20.2 Å². The molecule has 0 radical (unpaired) electrons. The van der Waals surface area contributed by atoms with Crippen LogP contribution in [0.15, 0.2) is 53.4 Å². The van der Waals surface area contributed by atoms with Crippen LogP contribution in [0.2, 0.25) is 0 Å². The van der Waals surface area contributed by atoms with E-state index in [-0.39, 0.29) is 24.1 Å². The molecule has 5 nitrogen and oxygen atoms in total. The van der Waals surface area contributed by atoms with Crippen LogP contribution in [0.25, 0.3) is 0 Å². The molecule has 140 valence electrons. The number of benzene rings is 2. The molecule has 1 atom stereocenters. The molecule has 0 amide bonds. The molecule has 1 unspecified atom stereocenters. The van der Waals surface area contributed by atoms with Gasteiger partial charge >= 0.3 is 6.18 Å². The third kappa shape index (κ3) is 3.84. The molecule has 1 fully saturated rings. The molecule has 0 aliphatic carbocycles. The lowest BCUT2D eigenvalue weighted by Crippen LogP contribution is -2.58. The molecular formula is C17H16F3NO4S. The highest BCUT2D eigenvalue weighted by molar-refractivity contribution is 7.95. The van der Waals surface area contributed by atoms with Crippen molar-refractivity contribution in [3.63, 3.8) is 0 Å². The second-order valence-corrected chi connectivity index (χ2v) is 7.70. The first kappa shape index (κ1) is 18.7. The van der Waals surface area contributed by atoms with Gasteiger partial charge < -0.3 is 14.0 Å². The molecule has 9 heteroatoms. The molecule has 1 aliphatic rings. The van der Waals surface area contributed by atoms with E-state index < -0.39 is 22.1 Å². The van der Waals surface area contributed by atoms with Gasteiger partial charge in [-0.2, -0.15) is 13.2 Å². The van der Waals surface area contributed by atoms with Gasteiger partial charge in [0.05, 0.1) is 25.8 Å². The van der Waals surface area contributed by atoms with Gasteiger partial charge in [-0.25, -0.2) is 0 Å². The number of ether oxygens (including phenoxy) is 2. The molecule has 0 saturated carbocycles. The van der Waals surface area contributed by atoms with E-state index in [1.807, 2.05) is 0 Å². The minimum absolute atomic E-state index is 0.0740. The van der Waals surface area contributed by atoms with Crippen LogP contribution in [0.3, 0.4) is 0 Å². The first-order valence-electron chi connectivity index (χ1n) is 7.68. The van der Waals surface area contributed by atoms with Crippen molar-refractivity contribution in [1.29, 1.82) is 0 Å². The molecular weight excluding hydrogens is 371 g/mol. The van der Waals surface area contributed by atoms with Crippen molar-refractivity contribution in [2.24, 2.45) is 0 Å². The summed E-state index contributed by atoms with van der Waals surface area (Å²) in [5.41, 5.74) is -0.995. The van der Waals surface area contributed by atoms with Gasteiger partial charge in [0, 0.05) is 6.07 Å². The molecule has 0 aromatic heterocycles. The van der Waals surface area contributed by atoms with Crippen LogP contribution >= 0.6 is 0 Å². The molecule has 1 heterocycles. The monoisotopic (exact) mass is 387 g/mol. The summed E-state index contributed by atoms with van der Waals surface area (Å²) >= 11 is 0. The number of hydrogen-bond donors (Lipinski definition) is 0. The van der Waals surface area contributed by atoms with Crippen molar-refractivity contribution >= 4 is 10.4 Å². The van der Waals surface area contributed by atoms with Gasteiger partial charge in [0.15, 0.2) is 15.3 Å². The van der Waals surface area contributed by atoms with E-state index in [1.54, 1.807) is 24.3 Å². The predicted molar refractivity (Wildman–Crippen MR) is 87.5 cm³/mol. The molecule has 0 spiro atoms. The highest BCUT2D eigenvalue weighted by Gasteiger charge is 2.43. The second kappa shape index (κ2) is 6.90. The van der Waals surface area contributed by atoms with Gasteiger partial charge in [0.25, 0.3) is 0 Å². The summed E-state index contributed by atoms with van der Waals surface area (Å²) in [6.45, 7) is 0.148. The Morgan fingerprint density at radius 2 is 1.73 bits per heavy atom. The molecule has 2 aromatic rings. The summed E-state index contributed by atoms with van der Waals surface area (Å²) in [6.07, 6.45) is -4.95. The largest absolute Gasteiger partial charge is 0.593 e. The van der Waals surface area contributed by atoms with Crippen LogP contribution in [0.5, 0.6) is 11.5 Å². The summed E-state index contributed by atoms with van der Waals surface area (Å²) < 4.78 is 75.0. The van der Waals surface area contributed by atoms with E-state index in [2.05, 4.69) is 0 Å². The van der Waals surface area contributed by atoms with Crippen molar-refractivity contribution in [2.45, 2.75) is 17.2 Å². The second-order valence-electron chi connectivity index (χ2n) is 5.76. The average molecular weight is 387 g/mol. The molecule has 3 rings (SSSR count). The van der Waals surface area contributed by atoms with Crippen molar-refractivity contribution < 1.29 is 31.4 Å². The summed E-state index contributed by atoms with van der Waals surface area (Å²) in [5, 5.41) is 0. The quantitative estimate of drug-likeness (QED) is 0.738. The van der Waals surface area contributed by atoms with Gasteiger partial charge in [0.1, 0.15) is 17.6 Å². The zero-order valence-electron chi connectivity index (χ0n) is 13.7. The number of alkyl halides is 3. The SMILES string of the molecule is COc1ccc(OC2CN([S+](=O)([O-])c3cccc(C(F)(F)F)c3)C2)cc1. The molecule has 0 N–H and O–H groups in total. The van der Waals surface area contributed by atoms with E-state index in [0.717, 1.165) is 22.5 Å². The smallest absolute Gasteiger partial charge is 0.416 e. The van der Waals surface area contributed by atoms with E-state index in [0.29, 0.717) is 17.6 Å². The fourth-order valence-electron chi connectivity index (χ4n) is 2.50. The van der Waals surface area contributed by atoms with Crippen LogP contribution in [0.4, 0.5) is 13.2 Å². The Hall–Kier alpha value is -2.10. The van der Waals surface area contributed by atoms with Gasteiger partial charge in [-0.15, -0.1) is 4.31 Å². The Labute approximate surface area is 149 Å². The maximum atomic E-state index is 12.8. The number of halogens is 3. The average Bonchev–Trinajstić information content (AvgIpc) is 2.57. The Morgan fingerprint density at radius 1 is 1.12 bits per heavy atom. The summed E-state index contributed by atoms with van der Waals surface area (Å²) in [7, 11) is -2.45. The van der Waals surface area contributed by atoms with E-state index in [9.17, 15) is 21.9 Å². The summed E-state index contributed by atoms with van der Waals surface area (Å²) in [4.78, 5) is -0.379. The van der Waals surface area contributed by atoms with E-state index in [1.165, 1.54) is 7.11 Å². The standard InChI is InChI=1S/C17H16F3NO4S/c1-24-13-5-7-14(8-6-13)25-15-10-21(11-15)26(22,23)16-4-2-3-12(9-16)17(18,19)20/h2-9,15H,10-11H2,1H3. The fourth-order valence-corrected chi connectivity index (χ4v) is 4.05. The first-order valence-corrected chi connectivity index (χ1v) is 9.12. The van der Waals surface area contributed by atoms with Crippen LogP contribution in [0, 0.1) is 0 Å². The molecule has 26 heavy (non-hydrogen) atoms. The Kier molecular flexibility index (Phi) is 4.96. The van der Waals surface area contributed by atoms with Crippen LogP contribution < -0.4 is 9.47 Å². The van der Waals surface area contributed by atoms with Crippen molar-refractivity contribution in [1.82, 2.24) is 4.31 Å². The Bertz CT molecular complexity index is 820. The fraction of sp³-hybridized carbons (Fsp3) is 0.294. The minimum Gasteiger partial charge on any atom is -0.593 e. The lowest BCUT2D eigenvalue weighted by atomic mass is 10.2. The van der Waals surface area contributed by atoms with Crippen LogP contribution in [-0.4, -0.2) is 35.2 Å². The summed E-state index contributed by atoms with van der Waals surface area (Å²) in [5.74, 6) is 1.23. The normalized spacial score (nSPS) is 18.0. The third-order valence-electron chi connectivity index (χ3n) is 3.98. The highest BCUT2D eigenvalue weighted by Crippen LogP contribution is 2.34. The zero-order chi connectivity index (χ0) is 18.9. The topological polar surface area (TPSA) is 61.8 Å². The third-order valence-corrected chi connectivity index (χ3v) is 5.80. The van der Waals surface area contributed by atoms with Gasteiger partial charge in [0.2, 0.25) is 0 Å². The Morgan fingerprint density at radius 3 is 2.31 bits per heavy atom. The molecule has 0 bridgehead atoms. The number of sulfonamides is 1. The number of nitrogens with zero attached hydrogens (tertiary/aromatic N) is 1. The number of methoxy groups -OCH3 is 1.